The minimum atomic E-state index is 0.616. The normalized spacial score (nSPS) is 29.8. The summed E-state index contributed by atoms with van der Waals surface area (Å²) in [5.41, 5.74) is 5.89. The van der Waals surface area contributed by atoms with Crippen LogP contribution in [0.5, 0.6) is 0 Å². The highest BCUT2D eigenvalue weighted by atomic mass is 15.3. The molecule has 0 radical (unpaired) electrons. The van der Waals surface area contributed by atoms with Crippen LogP contribution >= 0.6 is 0 Å². The van der Waals surface area contributed by atoms with Gasteiger partial charge in [-0.1, -0.05) is 13.8 Å². The molecule has 1 fully saturated rings. The van der Waals surface area contributed by atoms with Gasteiger partial charge in [-0.05, 0) is 25.7 Å². The monoisotopic (exact) mass is 183 g/mol. The third-order valence-corrected chi connectivity index (χ3v) is 2.71. The van der Waals surface area contributed by atoms with Crippen LogP contribution in [-0.4, -0.2) is 30.0 Å². The summed E-state index contributed by atoms with van der Waals surface area (Å²) >= 11 is 0. The fourth-order valence-corrected chi connectivity index (χ4v) is 2.07. The summed E-state index contributed by atoms with van der Waals surface area (Å²) in [4.78, 5) is 6.52. The molecule has 76 valence electrons. The maximum atomic E-state index is 5.89. The van der Waals surface area contributed by atoms with E-state index >= 15 is 0 Å². The van der Waals surface area contributed by atoms with Gasteiger partial charge in [-0.15, -0.1) is 0 Å². The maximum Gasteiger partial charge on any atom is 0.191 e. The lowest BCUT2D eigenvalue weighted by molar-refractivity contribution is 0.373. The van der Waals surface area contributed by atoms with Gasteiger partial charge in [0, 0.05) is 19.1 Å². The number of likely N-dealkylation sites (tertiary alicyclic amines) is 1. The van der Waals surface area contributed by atoms with Gasteiger partial charge >= 0.3 is 0 Å². The van der Waals surface area contributed by atoms with Crippen molar-refractivity contribution in [3.8, 4) is 0 Å². The van der Waals surface area contributed by atoms with Gasteiger partial charge in [-0.2, -0.15) is 0 Å². The summed E-state index contributed by atoms with van der Waals surface area (Å²) in [5, 5.41) is 0. The highest BCUT2D eigenvalue weighted by Gasteiger charge is 2.29. The van der Waals surface area contributed by atoms with Gasteiger partial charge < -0.3 is 10.6 Å². The minimum Gasteiger partial charge on any atom is -0.370 e. The van der Waals surface area contributed by atoms with E-state index in [1.807, 2.05) is 6.92 Å². The Labute approximate surface area is 81.0 Å². The SMILES string of the molecule is CCN=C(N)N1CC(C)CC1CC. The first-order chi connectivity index (χ1) is 6.19. The molecule has 0 aromatic heterocycles. The van der Waals surface area contributed by atoms with Gasteiger partial charge in [0.2, 0.25) is 0 Å². The van der Waals surface area contributed by atoms with Crippen LogP contribution in [0.4, 0.5) is 0 Å². The highest BCUT2D eigenvalue weighted by molar-refractivity contribution is 5.78. The van der Waals surface area contributed by atoms with E-state index in [-0.39, 0.29) is 0 Å². The molecule has 1 rings (SSSR count). The van der Waals surface area contributed by atoms with Crippen molar-refractivity contribution >= 4 is 5.96 Å². The van der Waals surface area contributed by atoms with Gasteiger partial charge in [0.25, 0.3) is 0 Å². The molecule has 0 saturated carbocycles. The Bertz CT molecular complexity index is 189. The lowest BCUT2D eigenvalue weighted by atomic mass is 10.1. The van der Waals surface area contributed by atoms with E-state index in [4.69, 9.17) is 5.73 Å². The fourth-order valence-electron chi connectivity index (χ4n) is 2.07. The molecule has 0 spiro atoms. The standard InChI is InChI=1S/C10H21N3/c1-4-9-6-8(3)7-13(9)10(11)12-5-2/h8-9H,4-7H2,1-3H3,(H2,11,12). The van der Waals surface area contributed by atoms with Crippen molar-refractivity contribution in [2.24, 2.45) is 16.6 Å². The minimum absolute atomic E-state index is 0.616. The van der Waals surface area contributed by atoms with Crippen molar-refractivity contribution in [2.75, 3.05) is 13.1 Å². The lowest BCUT2D eigenvalue weighted by Crippen LogP contribution is -2.40. The van der Waals surface area contributed by atoms with Crippen LogP contribution in [0.3, 0.4) is 0 Å². The molecular formula is C10H21N3. The van der Waals surface area contributed by atoms with E-state index in [1.165, 1.54) is 12.8 Å². The number of guanidine groups is 1. The topological polar surface area (TPSA) is 41.6 Å². The summed E-state index contributed by atoms with van der Waals surface area (Å²) in [6, 6.07) is 0.616. The van der Waals surface area contributed by atoms with Crippen molar-refractivity contribution in [2.45, 2.75) is 39.7 Å². The van der Waals surface area contributed by atoms with Gasteiger partial charge in [-0.3, -0.25) is 4.99 Å². The van der Waals surface area contributed by atoms with Gasteiger partial charge in [0.15, 0.2) is 5.96 Å². The molecule has 1 aliphatic heterocycles. The average Bonchev–Trinajstić information content (AvgIpc) is 2.47. The van der Waals surface area contributed by atoms with E-state index in [0.717, 1.165) is 25.0 Å². The molecule has 3 nitrogen and oxygen atoms in total. The Balaban J connectivity index is 2.62. The molecule has 0 amide bonds. The molecule has 2 unspecified atom stereocenters. The van der Waals surface area contributed by atoms with Crippen LogP contribution in [0.15, 0.2) is 4.99 Å². The van der Waals surface area contributed by atoms with Gasteiger partial charge in [0.05, 0.1) is 0 Å². The first-order valence-electron chi connectivity index (χ1n) is 5.25. The molecule has 0 bridgehead atoms. The zero-order chi connectivity index (χ0) is 9.84. The van der Waals surface area contributed by atoms with Crippen LogP contribution in [-0.2, 0) is 0 Å². The molecule has 0 aliphatic carbocycles. The molecule has 0 aromatic carbocycles. The second-order valence-corrected chi connectivity index (χ2v) is 3.89. The predicted octanol–water partition coefficient (Wildman–Crippen LogP) is 1.44. The van der Waals surface area contributed by atoms with Crippen molar-refractivity contribution < 1.29 is 0 Å². The first kappa shape index (κ1) is 10.4. The Hall–Kier alpha value is -0.730. The van der Waals surface area contributed by atoms with Crippen LogP contribution in [0.1, 0.15) is 33.6 Å². The Morgan fingerprint density at radius 1 is 1.54 bits per heavy atom. The summed E-state index contributed by atoms with van der Waals surface area (Å²) in [7, 11) is 0. The predicted molar refractivity (Wildman–Crippen MR) is 56.7 cm³/mol. The van der Waals surface area contributed by atoms with Crippen LogP contribution in [0.25, 0.3) is 0 Å². The third kappa shape index (κ3) is 2.36. The number of nitrogens with two attached hydrogens (primary N) is 1. The van der Waals surface area contributed by atoms with Crippen molar-refractivity contribution in [1.29, 1.82) is 0 Å². The van der Waals surface area contributed by atoms with Crippen molar-refractivity contribution in [3.63, 3.8) is 0 Å². The second-order valence-electron chi connectivity index (χ2n) is 3.89. The molecule has 1 heterocycles. The van der Waals surface area contributed by atoms with Crippen LogP contribution in [0, 0.1) is 5.92 Å². The summed E-state index contributed by atoms with van der Waals surface area (Å²) < 4.78 is 0. The van der Waals surface area contributed by atoms with E-state index in [1.54, 1.807) is 0 Å². The lowest BCUT2D eigenvalue weighted by Gasteiger charge is -2.24. The van der Waals surface area contributed by atoms with E-state index in [2.05, 4.69) is 23.7 Å². The molecular weight excluding hydrogens is 162 g/mol. The number of nitrogens with zero attached hydrogens (tertiary/aromatic N) is 2. The molecule has 2 atom stereocenters. The number of rotatable bonds is 2. The molecule has 1 aliphatic rings. The summed E-state index contributed by atoms with van der Waals surface area (Å²) in [6.07, 6.45) is 2.43. The van der Waals surface area contributed by atoms with E-state index in [9.17, 15) is 0 Å². The quantitative estimate of drug-likeness (QED) is 0.520. The molecule has 1 saturated heterocycles. The Morgan fingerprint density at radius 2 is 2.23 bits per heavy atom. The maximum absolute atomic E-state index is 5.89. The highest BCUT2D eigenvalue weighted by Crippen LogP contribution is 2.24. The summed E-state index contributed by atoms with van der Waals surface area (Å²) in [5.74, 6) is 1.49. The fraction of sp³-hybridized carbons (Fsp3) is 0.900. The Kier molecular flexibility index (Phi) is 3.58. The van der Waals surface area contributed by atoms with E-state index < -0.39 is 0 Å². The molecule has 2 N–H and O–H groups in total. The van der Waals surface area contributed by atoms with Crippen LogP contribution in [0.2, 0.25) is 0 Å². The molecule has 13 heavy (non-hydrogen) atoms. The van der Waals surface area contributed by atoms with Gasteiger partial charge in [-0.25, -0.2) is 0 Å². The van der Waals surface area contributed by atoms with Crippen LogP contribution < -0.4 is 5.73 Å². The smallest absolute Gasteiger partial charge is 0.191 e. The van der Waals surface area contributed by atoms with Crippen molar-refractivity contribution in [1.82, 2.24) is 4.90 Å². The molecule has 0 aromatic rings. The molecule has 3 heteroatoms. The zero-order valence-corrected chi connectivity index (χ0v) is 8.95. The number of aliphatic imine (C=N–C) groups is 1. The van der Waals surface area contributed by atoms with Crippen molar-refractivity contribution in [3.05, 3.63) is 0 Å². The Morgan fingerprint density at radius 3 is 2.77 bits per heavy atom. The zero-order valence-electron chi connectivity index (χ0n) is 8.95. The first-order valence-corrected chi connectivity index (χ1v) is 5.25. The van der Waals surface area contributed by atoms with E-state index in [0.29, 0.717) is 6.04 Å². The largest absolute Gasteiger partial charge is 0.370 e. The van der Waals surface area contributed by atoms with Gasteiger partial charge in [0.1, 0.15) is 0 Å². The second kappa shape index (κ2) is 4.49. The number of hydrogen-bond acceptors (Lipinski definition) is 1. The summed E-state index contributed by atoms with van der Waals surface area (Å²) in [6.45, 7) is 8.38. The number of hydrogen-bond donors (Lipinski definition) is 1. The third-order valence-electron chi connectivity index (χ3n) is 2.71. The average molecular weight is 183 g/mol.